The van der Waals surface area contributed by atoms with Gasteiger partial charge in [-0.1, -0.05) is 6.92 Å². The molecule has 0 amide bonds. The van der Waals surface area contributed by atoms with Crippen LogP contribution in [-0.2, 0) is 0 Å². The molecule has 3 N–H and O–H groups in total. The first-order valence-corrected chi connectivity index (χ1v) is 7.99. The fraction of sp³-hybridized carbons (Fsp3) is 0.533. The number of rotatable bonds is 3. The van der Waals surface area contributed by atoms with Crippen molar-refractivity contribution in [2.45, 2.75) is 19.8 Å². The maximum absolute atomic E-state index is 6.22. The van der Waals surface area contributed by atoms with Crippen molar-refractivity contribution >= 4 is 32.9 Å². The Labute approximate surface area is 124 Å². The number of nitrogen functional groups attached to an aromatic ring is 1. The minimum absolute atomic E-state index is 0.357. The van der Waals surface area contributed by atoms with E-state index in [0.29, 0.717) is 5.41 Å². The Morgan fingerprint density at radius 3 is 2.90 bits per heavy atom. The van der Waals surface area contributed by atoms with Crippen molar-refractivity contribution < 1.29 is 0 Å². The molecule has 1 aromatic heterocycles. The molecule has 108 valence electrons. The van der Waals surface area contributed by atoms with E-state index in [4.69, 9.17) is 5.73 Å². The van der Waals surface area contributed by atoms with Gasteiger partial charge in [0.2, 0.25) is 0 Å². The molecule has 2 aromatic rings. The summed E-state index contributed by atoms with van der Waals surface area (Å²) in [7, 11) is 2.20. The lowest BCUT2D eigenvalue weighted by Gasteiger charge is -2.38. The molecule has 0 bridgehead atoms. The topological polar surface area (TPSA) is 54.2 Å². The van der Waals surface area contributed by atoms with E-state index < -0.39 is 0 Å². The first kappa shape index (κ1) is 13.6. The Kier molecular flexibility index (Phi) is 3.56. The van der Waals surface area contributed by atoms with Crippen LogP contribution in [-0.4, -0.2) is 36.6 Å². The summed E-state index contributed by atoms with van der Waals surface area (Å²) in [6, 6.07) is 4.18. The summed E-state index contributed by atoms with van der Waals surface area (Å²) >= 11 is 1.63. The molecular formula is C15H22N4S. The van der Waals surface area contributed by atoms with Crippen molar-refractivity contribution in [2.75, 3.05) is 37.7 Å². The molecule has 3 rings (SSSR count). The van der Waals surface area contributed by atoms with Crippen LogP contribution in [0.4, 0.5) is 11.4 Å². The number of piperidine rings is 1. The molecule has 20 heavy (non-hydrogen) atoms. The number of aromatic nitrogens is 1. The minimum atomic E-state index is 0.357. The van der Waals surface area contributed by atoms with E-state index in [9.17, 15) is 0 Å². The first-order chi connectivity index (χ1) is 9.57. The van der Waals surface area contributed by atoms with Crippen LogP contribution in [0.15, 0.2) is 17.6 Å². The lowest BCUT2D eigenvalue weighted by molar-refractivity contribution is 0.150. The molecule has 4 nitrogen and oxygen atoms in total. The average molecular weight is 290 g/mol. The van der Waals surface area contributed by atoms with E-state index in [-0.39, 0.29) is 0 Å². The molecule has 0 spiro atoms. The van der Waals surface area contributed by atoms with Crippen LogP contribution in [0.1, 0.15) is 19.8 Å². The normalized spacial score (nSPS) is 19.3. The lowest BCUT2D eigenvalue weighted by atomic mass is 9.80. The third kappa shape index (κ3) is 2.60. The zero-order chi connectivity index (χ0) is 14.2. The summed E-state index contributed by atoms with van der Waals surface area (Å²) in [6.45, 7) is 5.70. The zero-order valence-electron chi connectivity index (χ0n) is 12.1. The van der Waals surface area contributed by atoms with Crippen LogP contribution in [0.25, 0.3) is 10.2 Å². The fourth-order valence-corrected chi connectivity index (χ4v) is 3.44. The molecule has 0 atom stereocenters. The number of nitrogens with one attached hydrogen (secondary N) is 1. The summed E-state index contributed by atoms with van der Waals surface area (Å²) in [5.41, 5.74) is 11.1. The van der Waals surface area contributed by atoms with Crippen molar-refractivity contribution in [1.82, 2.24) is 9.88 Å². The highest BCUT2D eigenvalue weighted by Crippen LogP contribution is 2.34. The number of thiazole rings is 1. The number of anilines is 2. The van der Waals surface area contributed by atoms with Crippen molar-refractivity contribution in [1.29, 1.82) is 0 Å². The number of benzene rings is 1. The highest BCUT2D eigenvalue weighted by atomic mass is 32.1. The van der Waals surface area contributed by atoms with Crippen LogP contribution >= 0.6 is 11.3 Å². The van der Waals surface area contributed by atoms with Crippen LogP contribution in [0.5, 0.6) is 0 Å². The first-order valence-electron chi connectivity index (χ1n) is 7.11. The fourth-order valence-electron chi connectivity index (χ4n) is 2.75. The van der Waals surface area contributed by atoms with Gasteiger partial charge in [0.1, 0.15) is 5.52 Å². The van der Waals surface area contributed by atoms with E-state index in [1.807, 2.05) is 5.51 Å². The zero-order valence-corrected chi connectivity index (χ0v) is 13.0. The van der Waals surface area contributed by atoms with Crippen molar-refractivity contribution in [3.05, 3.63) is 17.6 Å². The molecule has 0 aliphatic carbocycles. The van der Waals surface area contributed by atoms with Gasteiger partial charge in [-0.15, -0.1) is 11.3 Å². The molecular weight excluding hydrogens is 268 g/mol. The summed E-state index contributed by atoms with van der Waals surface area (Å²) in [4.78, 5) is 6.75. The SMILES string of the molecule is CN1CCC(C)(CNc2ccc3scnc3c2N)CC1. The third-order valence-corrected chi connectivity index (χ3v) is 5.24. The molecule has 1 aromatic carbocycles. The highest BCUT2D eigenvalue weighted by Gasteiger charge is 2.28. The minimum Gasteiger partial charge on any atom is -0.395 e. The van der Waals surface area contributed by atoms with Gasteiger partial charge in [-0.3, -0.25) is 0 Å². The molecule has 1 saturated heterocycles. The monoisotopic (exact) mass is 290 g/mol. The summed E-state index contributed by atoms with van der Waals surface area (Å²) in [5, 5.41) is 3.54. The van der Waals surface area contributed by atoms with Gasteiger partial charge in [0.05, 0.1) is 21.6 Å². The number of fused-ring (bicyclic) bond motifs is 1. The van der Waals surface area contributed by atoms with E-state index in [1.54, 1.807) is 11.3 Å². The van der Waals surface area contributed by atoms with Gasteiger partial charge >= 0.3 is 0 Å². The molecule has 1 fully saturated rings. The molecule has 0 saturated carbocycles. The second-order valence-corrected chi connectivity index (χ2v) is 7.08. The summed E-state index contributed by atoms with van der Waals surface area (Å²) in [5.74, 6) is 0. The van der Waals surface area contributed by atoms with E-state index in [2.05, 4.69) is 41.3 Å². The Balaban J connectivity index is 1.72. The molecule has 0 unspecified atom stereocenters. The van der Waals surface area contributed by atoms with Crippen LogP contribution in [0, 0.1) is 5.41 Å². The largest absolute Gasteiger partial charge is 0.395 e. The summed E-state index contributed by atoms with van der Waals surface area (Å²) < 4.78 is 1.15. The van der Waals surface area contributed by atoms with Gasteiger partial charge in [-0.2, -0.15) is 0 Å². The van der Waals surface area contributed by atoms with Gasteiger partial charge in [0, 0.05) is 6.54 Å². The molecule has 1 aliphatic heterocycles. The highest BCUT2D eigenvalue weighted by molar-refractivity contribution is 7.16. The maximum atomic E-state index is 6.22. The molecule has 5 heteroatoms. The summed E-state index contributed by atoms with van der Waals surface area (Å²) in [6.07, 6.45) is 2.46. The standard InChI is InChI=1S/C15H22N4S/c1-15(5-7-19(2)8-6-15)9-17-11-3-4-12-14(13(11)16)18-10-20-12/h3-4,10,17H,5-9,16H2,1-2H3. The number of hydrogen-bond acceptors (Lipinski definition) is 5. The average Bonchev–Trinajstić information content (AvgIpc) is 2.91. The van der Waals surface area contributed by atoms with E-state index in [0.717, 1.165) is 28.1 Å². The number of nitrogens with zero attached hydrogens (tertiary/aromatic N) is 2. The van der Waals surface area contributed by atoms with Crippen LogP contribution < -0.4 is 11.1 Å². The number of nitrogens with two attached hydrogens (primary N) is 1. The van der Waals surface area contributed by atoms with E-state index in [1.165, 1.54) is 25.9 Å². The van der Waals surface area contributed by atoms with Crippen LogP contribution in [0.2, 0.25) is 0 Å². The quantitative estimate of drug-likeness (QED) is 0.853. The van der Waals surface area contributed by atoms with Gasteiger partial charge in [-0.05, 0) is 50.5 Å². The second-order valence-electron chi connectivity index (χ2n) is 6.19. The number of hydrogen-bond donors (Lipinski definition) is 2. The number of likely N-dealkylation sites (tertiary alicyclic amines) is 1. The molecule has 2 heterocycles. The van der Waals surface area contributed by atoms with Gasteiger partial charge < -0.3 is 16.0 Å². The predicted molar refractivity (Wildman–Crippen MR) is 87.4 cm³/mol. The predicted octanol–water partition coefficient (Wildman–Crippen LogP) is 3.02. The molecule has 1 aliphatic rings. The Morgan fingerprint density at radius 1 is 1.40 bits per heavy atom. The maximum Gasteiger partial charge on any atom is 0.106 e. The third-order valence-electron chi connectivity index (χ3n) is 4.44. The smallest absolute Gasteiger partial charge is 0.106 e. The second kappa shape index (κ2) is 5.22. The Bertz CT molecular complexity index is 599. The molecule has 0 radical (unpaired) electrons. The lowest BCUT2D eigenvalue weighted by Crippen LogP contribution is -2.40. The van der Waals surface area contributed by atoms with Crippen LogP contribution in [0.3, 0.4) is 0 Å². The van der Waals surface area contributed by atoms with Crippen molar-refractivity contribution in [3.8, 4) is 0 Å². The van der Waals surface area contributed by atoms with Gasteiger partial charge in [0.15, 0.2) is 0 Å². The van der Waals surface area contributed by atoms with Crippen molar-refractivity contribution in [2.24, 2.45) is 5.41 Å². The van der Waals surface area contributed by atoms with Gasteiger partial charge in [0.25, 0.3) is 0 Å². The van der Waals surface area contributed by atoms with Gasteiger partial charge in [-0.25, -0.2) is 4.98 Å². The van der Waals surface area contributed by atoms with E-state index >= 15 is 0 Å². The van der Waals surface area contributed by atoms with Crippen molar-refractivity contribution in [3.63, 3.8) is 0 Å². The Morgan fingerprint density at radius 2 is 2.15 bits per heavy atom. The Hall–Kier alpha value is -1.33.